The molecule has 4 heteroatoms. The first kappa shape index (κ1) is 13.4. The van der Waals surface area contributed by atoms with Crippen LogP contribution in [-0.4, -0.2) is 25.9 Å². The molecule has 2 atom stereocenters. The maximum absolute atomic E-state index is 5.89. The Labute approximate surface area is 122 Å². The molecule has 1 N–H and O–H groups in total. The fraction of sp³-hybridized carbons (Fsp3) is 0.600. The summed E-state index contributed by atoms with van der Waals surface area (Å²) in [4.78, 5) is 0. The van der Waals surface area contributed by atoms with Gasteiger partial charge in [0.2, 0.25) is 0 Å². The molecular formula is C15H20BrNO2. The van der Waals surface area contributed by atoms with Crippen LogP contribution in [0.1, 0.15) is 36.9 Å². The Morgan fingerprint density at radius 2 is 2.32 bits per heavy atom. The van der Waals surface area contributed by atoms with Crippen molar-refractivity contribution < 1.29 is 9.47 Å². The van der Waals surface area contributed by atoms with Crippen LogP contribution in [0.5, 0.6) is 5.75 Å². The molecule has 2 unspecified atom stereocenters. The van der Waals surface area contributed by atoms with E-state index >= 15 is 0 Å². The van der Waals surface area contributed by atoms with E-state index in [2.05, 4.69) is 40.3 Å². The molecule has 0 bridgehead atoms. The minimum atomic E-state index is 0.233. The number of rotatable bonds is 4. The van der Waals surface area contributed by atoms with Crippen LogP contribution in [0.2, 0.25) is 0 Å². The molecule has 0 spiro atoms. The third kappa shape index (κ3) is 2.67. The fourth-order valence-corrected chi connectivity index (χ4v) is 3.58. The zero-order chi connectivity index (χ0) is 13.2. The summed E-state index contributed by atoms with van der Waals surface area (Å²) in [5, 5.41) is 3.57. The van der Waals surface area contributed by atoms with Gasteiger partial charge in [0.15, 0.2) is 0 Å². The molecule has 1 saturated heterocycles. The van der Waals surface area contributed by atoms with E-state index in [1.807, 2.05) is 0 Å². The Balaban J connectivity index is 1.97. The normalized spacial score (nSPS) is 23.2. The second kappa shape index (κ2) is 5.81. The first-order valence-electron chi connectivity index (χ1n) is 7.09. The van der Waals surface area contributed by atoms with Gasteiger partial charge in [-0.3, -0.25) is 0 Å². The van der Waals surface area contributed by atoms with E-state index in [9.17, 15) is 0 Å². The van der Waals surface area contributed by atoms with Crippen LogP contribution >= 0.6 is 15.9 Å². The van der Waals surface area contributed by atoms with Gasteiger partial charge in [-0.1, -0.05) is 22.9 Å². The second-order valence-electron chi connectivity index (χ2n) is 5.17. The van der Waals surface area contributed by atoms with Crippen LogP contribution in [0.4, 0.5) is 0 Å². The average Bonchev–Trinajstić information content (AvgIpc) is 3.05. The number of hydrogen-bond acceptors (Lipinski definition) is 3. The quantitative estimate of drug-likeness (QED) is 0.922. The van der Waals surface area contributed by atoms with Gasteiger partial charge in [-0.25, -0.2) is 0 Å². The Bertz CT molecular complexity index is 458. The van der Waals surface area contributed by atoms with Gasteiger partial charge in [0.05, 0.1) is 18.8 Å². The molecule has 1 aromatic carbocycles. The van der Waals surface area contributed by atoms with Gasteiger partial charge in [0.25, 0.3) is 0 Å². The Hall–Kier alpha value is -0.580. The lowest BCUT2D eigenvalue weighted by molar-refractivity contribution is 0.0779. The van der Waals surface area contributed by atoms with Gasteiger partial charge in [0.1, 0.15) is 5.75 Å². The standard InChI is InChI=1S/C15H20BrNO2/c1-2-17-14(13-4-3-6-18-13)12-9-11(16)8-10-5-7-19-15(10)12/h8-9,13-14,17H,2-7H2,1H3. The molecule has 0 saturated carbocycles. The summed E-state index contributed by atoms with van der Waals surface area (Å²) >= 11 is 3.62. The van der Waals surface area contributed by atoms with Gasteiger partial charge < -0.3 is 14.8 Å². The lowest BCUT2D eigenvalue weighted by Gasteiger charge is -2.26. The molecule has 3 rings (SSSR count). The first-order chi connectivity index (χ1) is 9.29. The molecule has 2 aliphatic rings. The van der Waals surface area contributed by atoms with Crippen LogP contribution in [-0.2, 0) is 11.2 Å². The predicted molar refractivity (Wildman–Crippen MR) is 78.7 cm³/mol. The maximum atomic E-state index is 5.89. The second-order valence-corrected chi connectivity index (χ2v) is 6.08. The summed E-state index contributed by atoms with van der Waals surface area (Å²) < 4.78 is 12.9. The van der Waals surface area contributed by atoms with Gasteiger partial charge >= 0.3 is 0 Å². The minimum Gasteiger partial charge on any atom is -0.493 e. The van der Waals surface area contributed by atoms with E-state index in [4.69, 9.17) is 9.47 Å². The molecule has 1 fully saturated rings. The summed E-state index contributed by atoms with van der Waals surface area (Å²) in [6.07, 6.45) is 3.55. The monoisotopic (exact) mass is 325 g/mol. The summed E-state index contributed by atoms with van der Waals surface area (Å²) in [6.45, 7) is 4.75. The van der Waals surface area contributed by atoms with Gasteiger partial charge in [-0.2, -0.15) is 0 Å². The van der Waals surface area contributed by atoms with E-state index in [-0.39, 0.29) is 12.1 Å². The molecule has 104 valence electrons. The highest BCUT2D eigenvalue weighted by molar-refractivity contribution is 9.10. The molecule has 0 radical (unpaired) electrons. The number of hydrogen-bond donors (Lipinski definition) is 1. The van der Waals surface area contributed by atoms with Crippen LogP contribution in [0.3, 0.4) is 0 Å². The number of likely N-dealkylation sites (N-methyl/N-ethyl adjacent to an activating group) is 1. The zero-order valence-electron chi connectivity index (χ0n) is 11.2. The predicted octanol–water partition coefficient (Wildman–Crippen LogP) is 3.21. The Kier molecular flexibility index (Phi) is 4.10. The third-order valence-electron chi connectivity index (χ3n) is 3.87. The highest BCUT2D eigenvalue weighted by Crippen LogP contribution is 2.39. The number of nitrogens with one attached hydrogen (secondary N) is 1. The van der Waals surface area contributed by atoms with Crippen molar-refractivity contribution in [1.29, 1.82) is 0 Å². The average molecular weight is 326 g/mol. The smallest absolute Gasteiger partial charge is 0.127 e. The van der Waals surface area contributed by atoms with Crippen LogP contribution in [0.15, 0.2) is 16.6 Å². The van der Waals surface area contributed by atoms with Crippen molar-refractivity contribution in [3.8, 4) is 5.75 Å². The Morgan fingerprint density at radius 3 is 3.05 bits per heavy atom. The van der Waals surface area contributed by atoms with E-state index in [0.717, 1.165) is 49.2 Å². The van der Waals surface area contributed by atoms with Crippen molar-refractivity contribution in [2.75, 3.05) is 19.8 Å². The summed E-state index contributed by atoms with van der Waals surface area (Å²) in [6, 6.07) is 4.58. The van der Waals surface area contributed by atoms with E-state index in [1.165, 1.54) is 11.1 Å². The fourth-order valence-electron chi connectivity index (χ4n) is 3.06. The molecule has 2 heterocycles. The highest BCUT2D eigenvalue weighted by atomic mass is 79.9. The van der Waals surface area contributed by atoms with E-state index < -0.39 is 0 Å². The van der Waals surface area contributed by atoms with Gasteiger partial charge in [-0.05, 0) is 37.1 Å². The van der Waals surface area contributed by atoms with Crippen molar-refractivity contribution in [2.45, 2.75) is 38.3 Å². The first-order valence-corrected chi connectivity index (χ1v) is 7.89. The molecule has 3 nitrogen and oxygen atoms in total. The topological polar surface area (TPSA) is 30.5 Å². The molecule has 0 amide bonds. The Morgan fingerprint density at radius 1 is 1.42 bits per heavy atom. The van der Waals surface area contributed by atoms with Crippen molar-refractivity contribution in [2.24, 2.45) is 0 Å². The van der Waals surface area contributed by atoms with Crippen LogP contribution < -0.4 is 10.1 Å². The largest absolute Gasteiger partial charge is 0.493 e. The van der Waals surface area contributed by atoms with Gasteiger partial charge in [-0.15, -0.1) is 0 Å². The summed E-state index contributed by atoms with van der Waals surface area (Å²) in [5.74, 6) is 1.07. The minimum absolute atomic E-state index is 0.233. The van der Waals surface area contributed by atoms with Crippen molar-refractivity contribution >= 4 is 15.9 Å². The lowest BCUT2D eigenvalue weighted by Crippen LogP contribution is -2.31. The SMILES string of the molecule is CCNC(c1cc(Br)cc2c1OCC2)C1CCCO1. The van der Waals surface area contributed by atoms with Crippen LogP contribution in [0, 0.1) is 0 Å². The molecule has 19 heavy (non-hydrogen) atoms. The van der Waals surface area contributed by atoms with Crippen molar-refractivity contribution in [3.05, 3.63) is 27.7 Å². The number of halogens is 1. The zero-order valence-corrected chi connectivity index (χ0v) is 12.8. The van der Waals surface area contributed by atoms with Crippen molar-refractivity contribution in [3.63, 3.8) is 0 Å². The molecular weight excluding hydrogens is 306 g/mol. The number of benzene rings is 1. The molecule has 0 aliphatic carbocycles. The number of fused-ring (bicyclic) bond motifs is 1. The summed E-state index contributed by atoms with van der Waals surface area (Å²) in [5.41, 5.74) is 2.56. The highest BCUT2D eigenvalue weighted by Gasteiger charge is 2.31. The number of ether oxygens (including phenoxy) is 2. The molecule has 2 aliphatic heterocycles. The molecule has 0 aromatic heterocycles. The van der Waals surface area contributed by atoms with Gasteiger partial charge in [0, 0.05) is 23.1 Å². The maximum Gasteiger partial charge on any atom is 0.127 e. The lowest BCUT2D eigenvalue weighted by atomic mass is 9.96. The summed E-state index contributed by atoms with van der Waals surface area (Å²) in [7, 11) is 0. The third-order valence-corrected chi connectivity index (χ3v) is 4.33. The van der Waals surface area contributed by atoms with Crippen molar-refractivity contribution in [1.82, 2.24) is 5.32 Å². The van der Waals surface area contributed by atoms with E-state index in [1.54, 1.807) is 0 Å². The molecule has 1 aromatic rings. The van der Waals surface area contributed by atoms with Crippen LogP contribution in [0.25, 0.3) is 0 Å². The van der Waals surface area contributed by atoms with E-state index in [0.29, 0.717) is 0 Å².